The SMILES string of the molecule is Cc1cc(C)n(CCCNC(=O)c2ccccc2NN)n1. The fourth-order valence-corrected chi connectivity index (χ4v) is 2.23. The van der Waals surface area contributed by atoms with Gasteiger partial charge in [0.25, 0.3) is 5.91 Å². The number of benzene rings is 1. The number of aromatic nitrogens is 2. The fraction of sp³-hybridized carbons (Fsp3) is 0.333. The van der Waals surface area contributed by atoms with E-state index in [0.29, 0.717) is 17.8 Å². The van der Waals surface area contributed by atoms with Gasteiger partial charge in [0.15, 0.2) is 0 Å². The zero-order chi connectivity index (χ0) is 15.2. The number of carbonyl (C=O) groups is 1. The highest BCUT2D eigenvalue weighted by molar-refractivity contribution is 5.99. The molecule has 1 amide bonds. The van der Waals surface area contributed by atoms with Gasteiger partial charge >= 0.3 is 0 Å². The van der Waals surface area contributed by atoms with Crippen LogP contribution in [-0.2, 0) is 6.54 Å². The second kappa shape index (κ2) is 6.90. The van der Waals surface area contributed by atoms with Crippen LogP contribution in [0.15, 0.2) is 30.3 Å². The van der Waals surface area contributed by atoms with Gasteiger partial charge in [-0.15, -0.1) is 0 Å². The Bertz CT molecular complexity index is 620. The van der Waals surface area contributed by atoms with E-state index in [4.69, 9.17) is 5.84 Å². The zero-order valence-corrected chi connectivity index (χ0v) is 12.4. The van der Waals surface area contributed by atoms with Crippen LogP contribution in [-0.4, -0.2) is 22.2 Å². The van der Waals surface area contributed by atoms with Gasteiger partial charge in [0, 0.05) is 18.8 Å². The normalized spacial score (nSPS) is 10.4. The topological polar surface area (TPSA) is 85.0 Å². The Morgan fingerprint density at radius 2 is 2.10 bits per heavy atom. The van der Waals surface area contributed by atoms with Gasteiger partial charge in [0.1, 0.15) is 0 Å². The van der Waals surface area contributed by atoms with Crippen LogP contribution in [0.5, 0.6) is 0 Å². The minimum atomic E-state index is -0.128. The van der Waals surface area contributed by atoms with Gasteiger partial charge in [-0.25, -0.2) is 0 Å². The van der Waals surface area contributed by atoms with E-state index >= 15 is 0 Å². The van der Waals surface area contributed by atoms with Crippen LogP contribution in [0.3, 0.4) is 0 Å². The first-order valence-electron chi connectivity index (χ1n) is 6.96. The van der Waals surface area contributed by atoms with Crippen LogP contribution in [0, 0.1) is 13.8 Å². The number of anilines is 1. The lowest BCUT2D eigenvalue weighted by atomic mass is 10.1. The number of carbonyl (C=O) groups excluding carboxylic acids is 1. The Morgan fingerprint density at radius 1 is 1.33 bits per heavy atom. The Balaban J connectivity index is 1.83. The van der Waals surface area contributed by atoms with Crippen molar-refractivity contribution < 1.29 is 4.79 Å². The smallest absolute Gasteiger partial charge is 0.253 e. The molecule has 1 heterocycles. The third-order valence-electron chi connectivity index (χ3n) is 3.26. The largest absolute Gasteiger partial charge is 0.352 e. The van der Waals surface area contributed by atoms with E-state index in [1.54, 1.807) is 12.1 Å². The fourth-order valence-electron chi connectivity index (χ4n) is 2.23. The molecule has 6 nitrogen and oxygen atoms in total. The molecule has 0 radical (unpaired) electrons. The number of nitrogen functional groups attached to an aromatic ring is 1. The maximum atomic E-state index is 12.1. The first-order chi connectivity index (χ1) is 10.1. The van der Waals surface area contributed by atoms with E-state index < -0.39 is 0 Å². The summed E-state index contributed by atoms with van der Waals surface area (Å²) in [5.74, 6) is 5.27. The van der Waals surface area contributed by atoms with Gasteiger partial charge in [-0.05, 0) is 38.5 Å². The molecule has 0 fully saturated rings. The van der Waals surface area contributed by atoms with Crippen molar-refractivity contribution in [3.05, 3.63) is 47.3 Å². The summed E-state index contributed by atoms with van der Waals surface area (Å²) in [7, 11) is 0. The molecular weight excluding hydrogens is 266 g/mol. The molecule has 0 bridgehead atoms. The lowest BCUT2D eigenvalue weighted by Crippen LogP contribution is -2.27. The average molecular weight is 287 g/mol. The van der Waals surface area contributed by atoms with Crippen LogP contribution in [0.1, 0.15) is 28.2 Å². The molecule has 0 aliphatic rings. The molecule has 0 saturated carbocycles. The summed E-state index contributed by atoms with van der Waals surface area (Å²) in [6, 6.07) is 9.19. The van der Waals surface area contributed by atoms with Crippen molar-refractivity contribution in [3.8, 4) is 0 Å². The third kappa shape index (κ3) is 3.82. The first kappa shape index (κ1) is 15.1. The van der Waals surface area contributed by atoms with Crippen LogP contribution >= 0.6 is 0 Å². The quantitative estimate of drug-likeness (QED) is 0.428. The molecule has 0 saturated heterocycles. The van der Waals surface area contributed by atoms with Crippen LogP contribution in [0.2, 0.25) is 0 Å². The third-order valence-corrected chi connectivity index (χ3v) is 3.26. The van der Waals surface area contributed by atoms with Crippen molar-refractivity contribution in [3.63, 3.8) is 0 Å². The number of amides is 1. The molecule has 21 heavy (non-hydrogen) atoms. The molecule has 2 rings (SSSR count). The highest BCUT2D eigenvalue weighted by atomic mass is 16.1. The van der Waals surface area contributed by atoms with Crippen molar-refractivity contribution in [2.45, 2.75) is 26.8 Å². The number of rotatable bonds is 6. The van der Waals surface area contributed by atoms with Crippen LogP contribution in [0.4, 0.5) is 5.69 Å². The summed E-state index contributed by atoms with van der Waals surface area (Å²) in [6.45, 7) is 5.39. The number of hydrogen-bond acceptors (Lipinski definition) is 4. The Hall–Kier alpha value is -2.34. The Morgan fingerprint density at radius 3 is 2.76 bits per heavy atom. The van der Waals surface area contributed by atoms with Gasteiger partial charge in [-0.3, -0.25) is 15.3 Å². The maximum Gasteiger partial charge on any atom is 0.253 e. The van der Waals surface area contributed by atoms with E-state index in [2.05, 4.69) is 15.8 Å². The summed E-state index contributed by atoms with van der Waals surface area (Å²) in [6.07, 6.45) is 0.825. The van der Waals surface area contributed by atoms with Crippen molar-refractivity contribution in [1.29, 1.82) is 0 Å². The maximum absolute atomic E-state index is 12.1. The first-order valence-corrected chi connectivity index (χ1v) is 6.96. The van der Waals surface area contributed by atoms with Crippen molar-refractivity contribution in [2.75, 3.05) is 12.0 Å². The van der Waals surface area contributed by atoms with E-state index in [9.17, 15) is 4.79 Å². The summed E-state index contributed by atoms with van der Waals surface area (Å²) in [4.78, 5) is 12.1. The number of nitrogens with two attached hydrogens (primary N) is 1. The number of para-hydroxylation sites is 1. The highest BCUT2D eigenvalue weighted by Crippen LogP contribution is 2.13. The minimum Gasteiger partial charge on any atom is -0.352 e. The standard InChI is InChI=1S/C15H21N5O/c1-11-10-12(2)20(19-11)9-5-8-17-15(21)13-6-3-4-7-14(13)18-16/h3-4,6-7,10,18H,5,8-9,16H2,1-2H3,(H,17,21). The number of hydrogen-bond donors (Lipinski definition) is 3. The lowest BCUT2D eigenvalue weighted by molar-refractivity contribution is 0.0953. The second-order valence-electron chi connectivity index (χ2n) is 4.95. The highest BCUT2D eigenvalue weighted by Gasteiger charge is 2.09. The molecule has 0 spiro atoms. The summed E-state index contributed by atoms with van der Waals surface area (Å²) < 4.78 is 1.96. The van der Waals surface area contributed by atoms with Crippen molar-refractivity contribution in [1.82, 2.24) is 15.1 Å². The van der Waals surface area contributed by atoms with Crippen molar-refractivity contribution >= 4 is 11.6 Å². The molecular formula is C15H21N5O. The molecule has 4 N–H and O–H groups in total. The predicted molar refractivity (Wildman–Crippen MR) is 82.9 cm³/mol. The number of nitrogens with zero attached hydrogens (tertiary/aromatic N) is 2. The zero-order valence-electron chi connectivity index (χ0n) is 12.4. The molecule has 1 aromatic heterocycles. The molecule has 0 aliphatic heterocycles. The molecule has 6 heteroatoms. The van der Waals surface area contributed by atoms with E-state index in [1.807, 2.05) is 36.7 Å². The average Bonchev–Trinajstić information content (AvgIpc) is 2.81. The summed E-state index contributed by atoms with van der Waals surface area (Å²) >= 11 is 0. The van der Waals surface area contributed by atoms with Gasteiger partial charge < -0.3 is 10.7 Å². The lowest BCUT2D eigenvalue weighted by Gasteiger charge is -2.10. The molecule has 0 aliphatic carbocycles. The van der Waals surface area contributed by atoms with Gasteiger partial charge in [0.2, 0.25) is 0 Å². The Kier molecular flexibility index (Phi) is 4.94. The second-order valence-corrected chi connectivity index (χ2v) is 4.95. The molecule has 1 aromatic carbocycles. The monoisotopic (exact) mass is 287 g/mol. The molecule has 112 valence electrons. The van der Waals surface area contributed by atoms with Gasteiger partial charge in [0.05, 0.1) is 16.9 Å². The number of nitrogens with one attached hydrogen (secondary N) is 2. The van der Waals surface area contributed by atoms with E-state index in [-0.39, 0.29) is 5.91 Å². The molecule has 0 unspecified atom stereocenters. The summed E-state index contributed by atoms with van der Waals surface area (Å²) in [5, 5.41) is 7.28. The van der Waals surface area contributed by atoms with Crippen LogP contribution in [0.25, 0.3) is 0 Å². The Labute approximate surface area is 124 Å². The molecule has 2 aromatic rings. The van der Waals surface area contributed by atoms with Crippen molar-refractivity contribution in [2.24, 2.45) is 5.84 Å². The van der Waals surface area contributed by atoms with E-state index in [0.717, 1.165) is 24.4 Å². The van der Waals surface area contributed by atoms with E-state index in [1.165, 1.54) is 0 Å². The van der Waals surface area contributed by atoms with Gasteiger partial charge in [-0.1, -0.05) is 12.1 Å². The van der Waals surface area contributed by atoms with Crippen LogP contribution < -0.4 is 16.6 Å². The number of hydrazine groups is 1. The van der Waals surface area contributed by atoms with Gasteiger partial charge in [-0.2, -0.15) is 5.10 Å². The number of aryl methyl sites for hydroxylation is 3. The summed E-state index contributed by atoms with van der Waals surface area (Å²) in [5.41, 5.74) is 5.84. The molecule has 0 atom stereocenters. The minimum absolute atomic E-state index is 0.128. The predicted octanol–water partition coefficient (Wildman–Crippen LogP) is 1.61.